The predicted molar refractivity (Wildman–Crippen MR) is 92.4 cm³/mol. The largest absolute Gasteiger partial charge is 0.382 e. The molecule has 0 unspecified atom stereocenters. The van der Waals surface area contributed by atoms with Gasteiger partial charge >= 0.3 is 0 Å². The van der Waals surface area contributed by atoms with Crippen molar-refractivity contribution in [2.75, 3.05) is 12.3 Å². The molecule has 5 nitrogen and oxygen atoms in total. The number of nitrogen functional groups attached to an aromatic ring is 1. The summed E-state index contributed by atoms with van der Waals surface area (Å²) < 4.78 is 0. The monoisotopic (exact) mass is 322 g/mol. The van der Waals surface area contributed by atoms with Gasteiger partial charge in [-0.3, -0.25) is 4.79 Å². The summed E-state index contributed by atoms with van der Waals surface area (Å²) in [5, 5.41) is 8.03. The van der Waals surface area contributed by atoms with Gasteiger partial charge < -0.3 is 10.6 Å². The fourth-order valence-electron chi connectivity index (χ4n) is 3.74. The van der Waals surface area contributed by atoms with E-state index < -0.39 is 0 Å². The molecule has 1 amide bonds. The van der Waals surface area contributed by atoms with Crippen LogP contribution in [0.4, 0.5) is 5.82 Å². The number of fused-ring (bicyclic) bond motifs is 2. The Hall–Kier alpha value is -2.43. The summed E-state index contributed by atoms with van der Waals surface area (Å²) in [6.07, 6.45) is 6.08. The summed E-state index contributed by atoms with van der Waals surface area (Å²) in [4.78, 5) is 14.6. The molecule has 1 aliphatic carbocycles. The highest BCUT2D eigenvalue weighted by Crippen LogP contribution is 2.23. The summed E-state index contributed by atoms with van der Waals surface area (Å²) >= 11 is 0. The lowest BCUT2D eigenvalue weighted by Gasteiger charge is -2.28. The van der Waals surface area contributed by atoms with E-state index in [0.29, 0.717) is 25.3 Å². The van der Waals surface area contributed by atoms with Gasteiger partial charge in [0.2, 0.25) is 5.91 Å². The molecule has 24 heavy (non-hydrogen) atoms. The third kappa shape index (κ3) is 2.98. The van der Waals surface area contributed by atoms with E-state index in [4.69, 9.17) is 5.73 Å². The van der Waals surface area contributed by atoms with Crippen LogP contribution in [0, 0.1) is 0 Å². The van der Waals surface area contributed by atoms with Gasteiger partial charge in [-0.1, -0.05) is 18.2 Å². The Kier molecular flexibility index (Phi) is 3.92. The predicted octanol–water partition coefficient (Wildman–Crippen LogP) is 2.06. The van der Waals surface area contributed by atoms with Crippen molar-refractivity contribution in [3.63, 3.8) is 0 Å². The molecule has 4 rings (SSSR count). The van der Waals surface area contributed by atoms with Gasteiger partial charge in [-0.15, -0.1) is 5.10 Å². The summed E-state index contributed by atoms with van der Waals surface area (Å²) in [7, 11) is 0. The minimum Gasteiger partial charge on any atom is -0.382 e. The molecule has 124 valence electrons. The molecular weight excluding hydrogens is 300 g/mol. The fraction of sp³-hybridized carbons (Fsp3) is 0.421. The maximum Gasteiger partial charge on any atom is 0.227 e. The third-order valence-corrected chi connectivity index (χ3v) is 5.08. The Morgan fingerprint density at radius 1 is 1.04 bits per heavy atom. The van der Waals surface area contributed by atoms with Gasteiger partial charge in [0.25, 0.3) is 0 Å². The summed E-state index contributed by atoms with van der Waals surface area (Å²) in [6, 6.07) is 8.39. The van der Waals surface area contributed by atoms with Crippen molar-refractivity contribution in [2.24, 2.45) is 0 Å². The lowest BCUT2D eigenvalue weighted by Crippen LogP contribution is -2.37. The molecule has 2 N–H and O–H groups in total. The number of carbonyl (C=O) groups excluding carboxylic acids is 1. The van der Waals surface area contributed by atoms with Gasteiger partial charge in [0.1, 0.15) is 5.82 Å². The number of aromatic nitrogens is 2. The molecule has 0 spiro atoms. The van der Waals surface area contributed by atoms with Crippen molar-refractivity contribution < 1.29 is 4.79 Å². The lowest BCUT2D eigenvalue weighted by atomic mass is 9.90. The van der Waals surface area contributed by atoms with Crippen LogP contribution >= 0.6 is 0 Å². The fourth-order valence-corrected chi connectivity index (χ4v) is 3.74. The zero-order valence-electron chi connectivity index (χ0n) is 13.8. The smallest absolute Gasteiger partial charge is 0.227 e. The molecule has 0 saturated heterocycles. The number of anilines is 1. The molecule has 1 aliphatic heterocycles. The first-order valence-corrected chi connectivity index (χ1v) is 8.68. The van der Waals surface area contributed by atoms with Crippen molar-refractivity contribution in [2.45, 2.75) is 45.1 Å². The van der Waals surface area contributed by atoms with E-state index in [0.717, 1.165) is 29.7 Å². The van der Waals surface area contributed by atoms with E-state index in [-0.39, 0.29) is 5.91 Å². The second-order valence-corrected chi connectivity index (χ2v) is 6.79. The van der Waals surface area contributed by atoms with Gasteiger partial charge in [0.15, 0.2) is 0 Å². The first kappa shape index (κ1) is 15.1. The zero-order chi connectivity index (χ0) is 16.5. The standard InChI is InChI=1S/C19H22N4O/c20-18-11-16-12-23(8-7-17(16)21-22-18)19(24)10-13-5-6-14-3-1-2-4-15(14)9-13/h5-6,9,11H,1-4,7-8,10,12H2,(H2,20,22). The van der Waals surface area contributed by atoms with Gasteiger partial charge in [-0.2, -0.15) is 5.10 Å². The first-order valence-electron chi connectivity index (χ1n) is 8.68. The van der Waals surface area contributed by atoms with Gasteiger partial charge in [0.05, 0.1) is 12.1 Å². The molecule has 1 aromatic heterocycles. The van der Waals surface area contributed by atoms with Crippen molar-refractivity contribution in [1.82, 2.24) is 15.1 Å². The lowest BCUT2D eigenvalue weighted by molar-refractivity contribution is -0.131. The maximum atomic E-state index is 12.7. The molecule has 0 atom stereocenters. The van der Waals surface area contributed by atoms with Gasteiger partial charge in [0, 0.05) is 19.5 Å². The normalized spacial score (nSPS) is 16.4. The highest BCUT2D eigenvalue weighted by atomic mass is 16.2. The highest BCUT2D eigenvalue weighted by Gasteiger charge is 2.22. The van der Waals surface area contributed by atoms with Crippen LogP contribution in [-0.4, -0.2) is 27.5 Å². The number of nitrogens with zero attached hydrogens (tertiary/aromatic N) is 3. The Morgan fingerprint density at radius 3 is 2.75 bits per heavy atom. The van der Waals surface area contributed by atoms with Crippen molar-refractivity contribution in [3.8, 4) is 0 Å². The summed E-state index contributed by atoms with van der Waals surface area (Å²) in [6.45, 7) is 1.29. The molecular formula is C19H22N4O. The molecule has 2 aliphatic rings. The average molecular weight is 322 g/mol. The number of rotatable bonds is 2. The van der Waals surface area contributed by atoms with E-state index >= 15 is 0 Å². The van der Waals surface area contributed by atoms with Crippen LogP contribution in [0.2, 0.25) is 0 Å². The average Bonchev–Trinajstić information content (AvgIpc) is 2.61. The SMILES string of the molecule is Nc1cc2c(nn1)CCN(C(=O)Cc1ccc3c(c1)CCCC3)C2. The van der Waals surface area contributed by atoms with Gasteiger partial charge in [-0.25, -0.2) is 0 Å². The Bertz CT molecular complexity index is 787. The van der Waals surface area contributed by atoms with Crippen molar-refractivity contribution in [1.29, 1.82) is 0 Å². The summed E-state index contributed by atoms with van der Waals surface area (Å²) in [5.74, 6) is 0.588. The molecule has 2 heterocycles. The van der Waals surface area contributed by atoms with E-state index in [1.807, 2.05) is 11.0 Å². The van der Waals surface area contributed by atoms with E-state index in [9.17, 15) is 4.79 Å². The number of hydrogen-bond acceptors (Lipinski definition) is 4. The quantitative estimate of drug-likeness (QED) is 0.918. The number of hydrogen-bond donors (Lipinski definition) is 1. The Balaban J connectivity index is 1.47. The van der Waals surface area contributed by atoms with E-state index in [1.165, 1.54) is 30.4 Å². The number of benzene rings is 1. The molecule has 2 aromatic rings. The minimum absolute atomic E-state index is 0.173. The van der Waals surface area contributed by atoms with Crippen LogP contribution in [0.25, 0.3) is 0 Å². The van der Waals surface area contributed by atoms with Crippen molar-refractivity contribution in [3.05, 3.63) is 52.2 Å². The van der Waals surface area contributed by atoms with Crippen LogP contribution in [0.15, 0.2) is 24.3 Å². The molecule has 0 radical (unpaired) electrons. The van der Waals surface area contributed by atoms with Crippen LogP contribution in [0.5, 0.6) is 0 Å². The third-order valence-electron chi connectivity index (χ3n) is 5.08. The molecule has 1 aromatic carbocycles. The van der Waals surface area contributed by atoms with Crippen LogP contribution in [0.1, 0.15) is 40.8 Å². The maximum absolute atomic E-state index is 12.7. The van der Waals surface area contributed by atoms with Crippen LogP contribution in [0.3, 0.4) is 0 Å². The number of amides is 1. The topological polar surface area (TPSA) is 72.1 Å². The number of aryl methyl sites for hydroxylation is 2. The molecule has 0 fully saturated rings. The van der Waals surface area contributed by atoms with E-state index in [2.05, 4.69) is 28.4 Å². The van der Waals surface area contributed by atoms with Crippen LogP contribution < -0.4 is 5.73 Å². The minimum atomic E-state index is 0.173. The van der Waals surface area contributed by atoms with Crippen LogP contribution in [-0.2, 0) is 37.0 Å². The summed E-state index contributed by atoms with van der Waals surface area (Å²) in [5.41, 5.74) is 11.7. The zero-order valence-corrected chi connectivity index (χ0v) is 13.8. The second kappa shape index (κ2) is 6.23. The second-order valence-electron chi connectivity index (χ2n) is 6.79. The number of nitrogens with two attached hydrogens (primary N) is 1. The Morgan fingerprint density at radius 2 is 1.88 bits per heavy atom. The van der Waals surface area contributed by atoms with Crippen molar-refractivity contribution >= 4 is 11.7 Å². The first-order chi connectivity index (χ1) is 11.7. The molecule has 0 bridgehead atoms. The highest BCUT2D eigenvalue weighted by molar-refractivity contribution is 5.79. The molecule has 0 saturated carbocycles. The van der Waals surface area contributed by atoms with E-state index in [1.54, 1.807) is 0 Å². The Labute approximate surface area is 141 Å². The number of carbonyl (C=O) groups is 1. The van der Waals surface area contributed by atoms with Gasteiger partial charge in [-0.05, 0) is 54.0 Å². The molecule has 5 heteroatoms.